The number of piperazine rings is 1. The molecule has 160 valence electrons. The highest BCUT2D eigenvalue weighted by atomic mass is 19.1. The molecule has 0 spiro atoms. The first kappa shape index (κ1) is 19.5. The molecule has 1 saturated heterocycles. The lowest BCUT2D eigenvalue weighted by molar-refractivity contribution is 0.282. The number of allylic oxidation sites excluding steroid dienone is 1. The second kappa shape index (κ2) is 8.02. The van der Waals surface area contributed by atoms with Gasteiger partial charge in [0.25, 0.3) is 5.95 Å². The van der Waals surface area contributed by atoms with Crippen molar-refractivity contribution < 1.29 is 4.39 Å². The first-order valence-corrected chi connectivity index (χ1v) is 10.7. The van der Waals surface area contributed by atoms with Gasteiger partial charge in [-0.05, 0) is 61.7 Å². The van der Waals surface area contributed by atoms with E-state index in [-0.39, 0.29) is 5.82 Å². The molecule has 5 rings (SSSR count). The Morgan fingerprint density at radius 1 is 1.26 bits per heavy atom. The zero-order valence-electron chi connectivity index (χ0n) is 17.6. The number of nitrogens with two attached hydrogens (primary N) is 1. The molecule has 7 nitrogen and oxygen atoms in total. The Hall–Kier alpha value is -3.42. The first-order valence-electron chi connectivity index (χ1n) is 10.7. The third-order valence-electron chi connectivity index (χ3n) is 6.24. The van der Waals surface area contributed by atoms with Crippen LogP contribution in [0.2, 0.25) is 0 Å². The highest BCUT2D eigenvalue weighted by Gasteiger charge is 2.30. The summed E-state index contributed by atoms with van der Waals surface area (Å²) in [6.45, 7) is 4.81. The minimum atomic E-state index is -0.152. The van der Waals surface area contributed by atoms with Crippen molar-refractivity contribution >= 4 is 11.5 Å². The second-order valence-electron chi connectivity index (χ2n) is 8.19. The molecule has 0 amide bonds. The van der Waals surface area contributed by atoms with Crippen LogP contribution in [0.1, 0.15) is 23.2 Å². The topological polar surface area (TPSA) is 76.1 Å². The average Bonchev–Trinajstić information content (AvgIpc) is 3.14. The lowest BCUT2D eigenvalue weighted by Gasteiger charge is -2.46. The fraction of sp³-hybridized carbons (Fsp3) is 0.348. The third-order valence-corrected chi connectivity index (χ3v) is 6.24. The molecule has 31 heavy (non-hydrogen) atoms. The van der Waals surface area contributed by atoms with Gasteiger partial charge in [0.2, 0.25) is 0 Å². The van der Waals surface area contributed by atoms with Crippen molar-refractivity contribution in [3.63, 3.8) is 0 Å². The van der Waals surface area contributed by atoms with Gasteiger partial charge in [-0.1, -0.05) is 12.1 Å². The molecule has 2 aliphatic rings. The average molecular weight is 420 g/mol. The van der Waals surface area contributed by atoms with Crippen LogP contribution in [-0.4, -0.2) is 50.3 Å². The summed E-state index contributed by atoms with van der Waals surface area (Å²) in [7, 11) is 0. The number of aromatic nitrogens is 4. The van der Waals surface area contributed by atoms with Gasteiger partial charge in [0, 0.05) is 43.3 Å². The van der Waals surface area contributed by atoms with Crippen molar-refractivity contribution in [2.24, 2.45) is 0 Å². The van der Waals surface area contributed by atoms with Crippen molar-refractivity contribution in [2.45, 2.75) is 32.2 Å². The lowest BCUT2D eigenvalue weighted by atomic mass is 9.94. The highest BCUT2D eigenvalue weighted by molar-refractivity contribution is 5.57. The van der Waals surface area contributed by atoms with Gasteiger partial charge < -0.3 is 15.5 Å². The number of nitrogen functional groups attached to an aromatic ring is 1. The van der Waals surface area contributed by atoms with Crippen molar-refractivity contribution in [1.29, 1.82) is 0 Å². The molecular weight excluding hydrogens is 393 g/mol. The van der Waals surface area contributed by atoms with Gasteiger partial charge in [0.15, 0.2) is 0 Å². The molecule has 0 radical (unpaired) electrons. The Morgan fingerprint density at radius 3 is 3.03 bits per heavy atom. The molecule has 2 aliphatic heterocycles. The molecule has 1 aromatic carbocycles. The number of hydrogen-bond acceptors (Lipinski definition) is 6. The van der Waals surface area contributed by atoms with Gasteiger partial charge in [-0.3, -0.25) is 0 Å². The summed E-state index contributed by atoms with van der Waals surface area (Å²) in [5, 5.41) is 4.43. The minimum absolute atomic E-state index is 0.152. The number of benzene rings is 1. The Kier molecular flexibility index (Phi) is 5.05. The van der Waals surface area contributed by atoms with E-state index in [1.54, 1.807) is 29.1 Å². The van der Waals surface area contributed by atoms with E-state index in [0.717, 1.165) is 55.8 Å². The van der Waals surface area contributed by atoms with Crippen molar-refractivity contribution in [2.75, 3.05) is 30.3 Å². The normalized spacial score (nSPS) is 18.3. The molecule has 0 aliphatic carbocycles. The predicted octanol–water partition coefficient (Wildman–Crippen LogP) is 2.89. The molecule has 8 heteroatoms. The third kappa shape index (κ3) is 3.85. The monoisotopic (exact) mass is 419 g/mol. The smallest absolute Gasteiger partial charge is 0.252 e. The quantitative estimate of drug-likeness (QED) is 0.701. The number of hydrogen-bond donors (Lipinski definition) is 1. The van der Waals surface area contributed by atoms with Gasteiger partial charge in [-0.15, -0.1) is 0 Å². The fourth-order valence-corrected chi connectivity index (χ4v) is 4.56. The fourth-order valence-electron chi connectivity index (χ4n) is 4.56. The molecule has 1 atom stereocenters. The number of halogens is 1. The Bertz CT molecular complexity index is 1120. The number of aryl methyl sites for hydroxylation is 1. The molecule has 0 saturated carbocycles. The lowest BCUT2D eigenvalue weighted by Crippen LogP contribution is -2.53. The maximum atomic E-state index is 13.8. The molecule has 2 N–H and O–H groups in total. The van der Waals surface area contributed by atoms with Gasteiger partial charge in [-0.25, -0.2) is 14.1 Å². The van der Waals surface area contributed by atoms with E-state index in [4.69, 9.17) is 5.73 Å². The van der Waals surface area contributed by atoms with Crippen molar-refractivity contribution in [1.82, 2.24) is 24.6 Å². The molecule has 2 aromatic heterocycles. The summed E-state index contributed by atoms with van der Waals surface area (Å²) in [6, 6.07) is 7.29. The van der Waals surface area contributed by atoms with E-state index >= 15 is 0 Å². The van der Waals surface area contributed by atoms with Crippen LogP contribution in [0.3, 0.4) is 0 Å². The summed E-state index contributed by atoms with van der Waals surface area (Å²) in [5.74, 6) is 0.757. The minimum Gasteiger partial charge on any atom is -0.384 e. The van der Waals surface area contributed by atoms with Crippen LogP contribution in [0.5, 0.6) is 0 Å². The maximum Gasteiger partial charge on any atom is 0.252 e. The van der Waals surface area contributed by atoms with Gasteiger partial charge in [-0.2, -0.15) is 10.1 Å². The van der Waals surface area contributed by atoms with Crippen LogP contribution < -0.4 is 10.6 Å². The van der Waals surface area contributed by atoms with E-state index in [9.17, 15) is 4.39 Å². The van der Waals surface area contributed by atoms with Crippen molar-refractivity contribution in [3.05, 3.63) is 71.6 Å². The molecular formula is C23H26FN7. The van der Waals surface area contributed by atoms with Gasteiger partial charge in [0.05, 0.1) is 6.20 Å². The zero-order chi connectivity index (χ0) is 21.4. The zero-order valence-corrected chi connectivity index (χ0v) is 17.6. The van der Waals surface area contributed by atoms with E-state index in [1.165, 1.54) is 5.56 Å². The summed E-state index contributed by atoms with van der Waals surface area (Å²) >= 11 is 0. The molecule has 3 aromatic rings. The summed E-state index contributed by atoms with van der Waals surface area (Å²) in [4.78, 5) is 13.2. The van der Waals surface area contributed by atoms with Crippen molar-refractivity contribution in [3.8, 4) is 5.95 Å². The predicted molar refractivity (Wildman–Crippen MR) is 119 cm³/mol. The van der Waals surface area contributed by atoms with Crippen LogP contribution in [0.4, 0.5) is 15.9 Å². The van der Waals surface area contributed by atoms with Crippen LogP contribution in [0, 0.1) is 12.7 Å². The summed E-state index contributed by atoms with van der Waals surface area (Å²) < 4.78 is 15.5. The second-order valence-corrected chi connectivity index (χ2v) is 8.19. The van der Waals surface area contributed by atoms with E-state index in [0.29, 0.717) is 17.8 Å². The standard InChI is InChI=1S/C23H26FN7/c1-16-18(14-27-31(16)23-26-9-8-22(25)28-23)3-2-10-29-11-12-30-20(15-29)7-5-17-4-6-19(24)13-21(17)30/h2,4,6,8-10,13-14,20H,3,5,7,11-12,15H2,1H3,(H2,25,26,28). The van der Waals surface area contributed by atoms with E-state index in [2.05, 4.69) is 37.1 Å². The van der Waals surface area contributed by atoms with Crippen LogP contribution >= 0.6 is 0 Å². The Balaban J connectivity index is 1.23. The molecule has 1 unspecified atom stereocenters. The molecule has 1 fully saturated rings. The van der Waals surface area contributed by atoms with Crippen LogP contribution in [0.25, 0.3) is 5.95 Å². The van der Waals surface area contributed by atoms with E-state index < -0.39 is 0 Å². The molecule has 0 bridgehead atoms. The van der Waals surface area contributed by atoms with Gasteiger partial charge in [0.1, 0.15) is 11.6 Å². The summed E-state index contributed by atoms with van der Waals surface area (Å²) in [6.07, 6.45) is 10.8. The first-order chi connectivity index (χ1) is 15.1. The highest BCUT2D eigenvalue weighted by Crippen LogP contribution is 2.33. The van der Waals surface area contributed by atoms with Crippen LogP contribution in [-0.2, 0) is 12.8 Å². The van der Waals surface area contributed by atoms with Gasteiger partial charge >= 0.3 is 0 Å². The summed E-state index contributed by atoms with van der Waals surface area (Å²) in [5.41, 5.74) is 10.2. The van der Waals surface area contributed by atoms with E-state index in [1.807, 2.05) is 19.2 Å². The number of anilines is 2. The maximum absolute atomic E-state index is 13.8. The number of rotatable bonds is 4. The SMILES string of the molecule is Cc1c(CC=CN2CCN3c4cc(F)ccc4CCC3C2)cnn1-c1nccc(N)n1. The number of fused-ring (bicyclic) bond motifs is 3. The molecule has 4 heterocycles. The van der Waals surface area contributed by atoms with Crippen LogP contribution in [0.15, 0.2) is 48.9 Å². The Morgan fingerprint density at radius 2 is 2.16 bits per heavy atom. The number of nitrogens with zero attached hydrogens (tertiary/aromatic N) is 6. The largest absolute Gasteiger partial charge is 0.384 e. The Labute approximate surface area is 181 Å².